The zero-order valence-electron chi connectivity index (χ0n) is 14.9. The van der Waals surface area contributed by atoms with Crippen LogP contribution in [0.2, 0.25) is 0 Å². The molecule has 12 heteroatoms. The summed E-state index contributed by atoms with van der Waals surface area (Å²) in [4.78, 5) is 11.2. The van der Waals surface area contributed by atoms with E-state index in [0.29, 0.717) is 8.95 Å². The minimum atomic E-state index is -4.72. The maximum absolute atomic E-state index is 13.3. The van der Waals surface area contributed by atoms with Crippen LogP contribution in [-0.4, -0.2) is 44.2 Å². The monoisotopic (exact) mass is 568 g/mol. The molecule has 0 bridgehead atoms. The fraction of sp³-hybridized carbons (Fsp3) is 0.235. The molecule has 0 saturated heterocycles. The molecule has 0 aromatic heterocycles. The van der Waals surface area contributed by atoms with Crippen molar-refractivity contribution >= 4 is 57.9 Å². The van der Waals surface area contributed by atoms with Crippen LogP contribution < -0.4 is 5.73 Å². The predicted molar refractivity (Wildman–Crippen MR) is 114 cm³/mol. The molecule has 29 heavy (non-hydrogen) atoms. The van der Waals surface area contributed by atoms with Crippen LogP contribution >= 0.6 is 31.9 Å². The Balaban J connectivity index is 2.72. The maximum Gasteiger partial charge on any atom is 0.323 e. The van der Waals surface area contributed by atoms with Crippen molar-refractivity contribution < 1.29 is 26.7 Å². The average Bonchev–Trinajstić information content (AvgIpc) is 2.65. The molecule has 2 aromatic carbocycles. The Hall–Kier alpha value is -1.31. The van der Waals surface area contributed by atoms with E-state index < -0.39 is 32.1 Å². The van der Waals surface area contributed by atoms with Crippen LogP contribution in [0.25, 0.3) is 0 Å². The number of aliphatic carboxylic acids is 1. The number of carboxylic acids is 1. The Morgan fingerprint density at radius 2 is 1.28 bits per heavy atom. The predicted octanol–water partition coefficient (Wildman–Crippen LogP) is 2.78. The second-order valence-corrected chi connectivity index (χ2v) is 11.6. The first-order valence-electron chi connectivity index (χ1n) is 8.25. The average molecular weight is 570 g/mol. The molecule has 0 aliphatic carbocycles. The Morgan fingerprint density at radius 3 is 1.59 bits per heavy atom. The summed E-state index contributed by atoms with van der Waals surface area (Å²) in [6.07, 6.45) is -0.142. The largest absolute Gasteiger partial charge is 0.480 e. The minimum Gasteiger partial charge on any atom is -0.480 e. The number of carboxylic acid groups (broad SMARTS) is 1. The molecule has 0 heterocycles. The Bertz CT molecular complexity index is 996. The standard InChI is InChI=1S/C17H18Br2N2O6S2/c18-12-3-7-14(8-4-12)28(24,25)21(16(17(22)23)2-1-11-20)29(26,27)15-9-5-13(19)6-10-15/h3-10,16H,1-2,11,20H2,(H,22,23)/t16-/m0/s1. The van der Waals surface area contributed by atoms with E-state index in [1.165, 1.54) is 48.5 Å². The van der Waals surface area contributed by atoms with E-state index in [1.54, 1.807) is 0 Å². The first-order valence-corrected chi connectivity index (χ1v) is 12.7. The van der Waals surface area contributed by atoms with Gasteiger partial charge in [-0.15, -0.1) is 0 Å². The van der Waals surface area contributed by atoms with Gasteiger partial charge in [0.15, 0.2) is 0 Å². The SMILES string of the molecule is NCCC[C@@H](C(=O)O)N(S(=O)(=O)c1ccc(Br)cc1)S(=O)(=O)c1ccc(Br)cc1. The molecular weight excluding hydrogens is 552 g/mol. The topological polar surface area (TPSA) is 135 Å². The second kappa shape index (κ2) is 9.67. The quantitative estimate of drug-likeness (QED) is 0.474. The third kappa shape index (κ3) is 5.44. The summed E-state index contributed by atoms with van der Waals surface area (Å²) in [5.41, 5.74) is 5.43. The maximum atomic E-state index is 13.3. The minimum absolute atomic E-state index is 0.0739. The van der Waals surface area contributed by atoms with Gasteiger partial charge in [0, 0.05) is 8.95 Å². The number of rotatable bonds is 9. The van der Waals surface area contributed by atoms with Crippen LogP contribution in [-0.2, 0) is 24.8 Å². The van der Waals surface area contributed by atoms with Crippen LogP contribution in [0, 0.1) is 0 Å². The molecule has 2 aromatic rings. The number of nitrogens with zero attached hydrogens (tertiary/aromatic N) is 1. The van der Waals surface area contributed by atoms with Crippen LogP contribution in [0.3, 0.4) is 0 Å². The van der Waals surface area contributed by atoms with Crippen molar-refractivity contribution in [1.29, 1.82) is 0 Å². The lowest BCUT2D eigenvalue weighted by Crippen LogP contribution is -2.48. The molecule has 0 aliphatic heterocycles. The third-order valence-electron chi connectivity index (χ3n) is 3.92. The molecule has 1 atom stereocenters. The molecule has 2 rings (SSSR count). The van der Waals surface area contributed by atoms with Gasteiger partial charge in [-0.2, -0.15) is 0 Å². The summed E-state index contributed by atoms with van der Waals surface area (Å²) in [6, 6.07) is 8.65. The van der Waals surface area contributed by atoms with Crippen LogP contribution in [0.4, 0.5) is 0 Å². The molecule has 0 saturated carbocycles. The number of hydrogen-bond acceptors (Lipinski definition) is 6. The van der Waals surface area contributed by atoms with Crippen LogP contribution in [0.5, 0.6) is 0 Å². The third-order valence-corrected chi connectivity index (χ3v) is 9.35. The van der Waals surface area contributed by atoms with E-state index in [4.69, 9.17) is 5.73 Å². The Morgan fingerprint density at radius 1 is 0.897 bits per heavy atom. The van der Waals surface area contributed by atoms with E-state index in [1.807, 2.05) is 0 Å². The fourth-order valence-electron chi connectivity index (χ4n) is 2.52. The number of halogens is 2. The van der Waals surface area contributed by atoms with E-state index in [0.717, 1.165) is 0 Å². The van der Waals surface area contributed by atoms with E-state index in [9.17, 15) is 26.7 Å². The van der Waals surface area contributed by atoms with Crippen molar-refractivity contribution in [2.24, 2.45) is 5.73 Å². The van der Waals surface area contributed by atoms with Crippen molar-refractivity contribution in [3.8, 4) is 0 Å². The summed E-state index contributed by atoms with van der Waals surface area (Å²) < 4.78 is 54.3. The van der Waals surface area contributed by atoms with Crippen LogP contribution in [0.15, 0.2) is 67.3 Å². The number of sulfonamides is 2. The number of hydrogen-bond donors (Lipinski definition) is 2. The van der Waals surface area contributed by atoms with Gasteiger partial charge in [-0.05, 0) is 67.9 Å². The van der Waals surface area contributed by atoms with Gasteiger partial charge in [-0.1, -0.05) is 35.6 Å². The van der Waals surface area contributed by atoms with E-state index in [2.05, 4.69) is 31.9 Å². The van der Waals surface area contributed by atoms with Crippen molar-refractivity contribution in [2.45, 2.75) is 28.7 Å². The number of carbonyl (C=O) groups is 1. The van der Waals surface area contributed by atoms with Gasteiger partial charge >= 0.3 is 5.97 Å². The first-order chi connectivity index (χ1) is 13.5. The Kier molecular flexibility index (Phi) is 7.99. The van der Waals surface area contributed by atoms with E-state index >= 15 is 0 Å². The van der Waals surface area contributed by atoms with Gasteiger partial charge in [0.05, 0.1) is 9.79 Å². The molecule has 0 aliphatic rings. The highest BCUT2D eigenvalue weighted by atomic mass is 79.9. The van der Waals surface area contributed by atoms with E-state index in [-0.39, 0.29) is 32.9 Å². The number of benzene rings is 2. The van der Waals surface area contributed by atoms with Gasteiger partial charge in [-0.25, -0.2) is 16.8 Å². The zero-order chi connectivity index (χ0) is 21.8. The summed E-state index contributed by atoms with van der Waals surface area (Å²) >= 11 is 6.36. The lowest BCUT2D eigenvalue weighted by molar-refractivity contribution is -0.140. The molecule has 0 spiro atoms. The van der Waals surface area contributed by atoms with Gasteiger partial charge in [0.25, 0.3) is 20.0 Å². The zero-order valence-corrected chi connectivity index (χ0v) is 19.7. The summed E-state index contributed by atoms with van der Waals surface area (Å²) in [5.74, 6) is -1.58. The summed E-state index contributed by atoms with van der Waals surface area (Å²) in [6.45, 7) is 0.0777. The summed E-state index contributed by atoms with van der Waals surface area (Å²) in [5, 5.41) is 9.65. The lowest BCUT2D eigenvalue weighted by Gasteiger charge is -2.27. The highest BCUT2D eigenvalue weighted by Gasteiger charge is 2.45. The van der Waals surface area contributed by atoms with Crippen molar-refractivity contribution in [1.82, 2.24) is 3.71 Å². The molecule has 0 unspecified atom stereocenters. The molecule has 0 radical (unpaired) electrons. The normalized spacial score (nSPS) is 13.4. The van der Waals surface area contributed by atoms with Gasteiger partial charge < -0.3 is 10.8 Å². The highest BCUT2D eigenvalue weighted by Crippen LogP contribution is 2.30. The summed E-state index contributed by atoms with van der Waals surface area (Å²) in [7, 11) is -9.43. The molecule has 0 amide bonds. The van der Waals surface area contributed by atoms with Crippen molar-refractivity contribution in [3.05, 3.63) is 57.5 Å². The van der Waals surface area contributed by atoms with Gasteiger partial charge in [0.1, 0.15) is 6.04 Å². The number of nitrogens with two attached hydrogens (primary N) is 1. The Labute approximate surface area is 186 Å². The molecule has 158 valence electrons. The lowest BCUT2D eigenvalue weighted by atomic mass is 10.2. The first kappa shape index (κ1) is 24.0. The van der Waals surface area contributed by atoms with Crippen LogP contribution in [0.1, 0.15) is 12.8 Å². The van der Waals surface area contributed by atoms with Crippen molar-refractivity contribution in [2.75, 3.05) is 6.54 Å². The molecule has 8 nitrogen and oxygen atoms in total. The van der Waals surface area contributed by atoms with Gasteiger partial charge in [-0.3, -0.25) is 4.79 Å². The van der Waals surface area contributed by atoms with Gasteiger partial charge in [0.2, 0.25) is 0 Å². The highest BCUT2D eigenvalue weighted by molar-refractivity contribution is 9.10. The smallest absolute Gasteiger partial charge is 0.323 e. The van der Waals surface area contributed by atoms with Crippen molar-refractivity contribution in [3.63, 3.8) is 0 Å². The molecular formula is C17H18Br2N2O6S2. The molecule has 0 fully saturated rings. The second-order valence-electron chi connectivity index (χ2n) is 5.93. The molecule has 3 N–H and O–H groups in total. The fourth-order valence-corrected chi connectivity index (χ4v) is 7.03.